The Morgan fingerprint density at radius 1 is 1.32 bits per heavy atom. The number of aliphatic carboxylic acids is 1. The minimum Gasteiger partial charge on any atom is -0.481 e. The molecule has 0 spiro atoms. The summed E-state index contributed by atoms with van der Waals surface area (Å²) in [7, 11) is 0. The van der Waals surface area contributed by atoms with Gasteiger partial charge in [0.1, 0.15) is 0 Å². The molecular weight excluding hydrogens is 323 g/mol. The van der Waals surface area contributed by atoms with Gasteiger partial charge in [-0.25, -0.2) is 0 Å². The average Bonchev–Trinajstić information content (AvgIpc) is 2.45. The molecule has 4 nitrogen and oxygen atoms in total. The van der Waals surface area contributed by atoms with E-state index in [0.717, 1.165) is 16.7 Å². The van der Waals surface area contributed by atoms with E-state index in [0.29, 0.717) is 24.6 Å². The molecule has 6 heteroatoms. The van der Waals surface area contributed by atoms with Crippen LogP contribution in [0.4, 0.5) is 0 Å². The predicted octanol–water partition coefficient (Wildman–Crippen LogP) is 2.92. The fraction of sp³-hybridized carbons (Fsp3) is 0.562. The molecule has 124 valence electrons. The number of halogens is 2. The van der Waals surface area contributed by atoms with Crippen LogP contribution in [0, 0.1) is 6.92 Å². The molecule has 0 aliphatic rings. The number of carbonyl (C=O) groups is 1. The van der Waals surface area contributed by atoms with Crippen LogP contribution in [0.3, 0.4) is 0 Å². The van der Waals surface area contributed by atoms with E-state index in [9.17, 15) is 4.79 Å². The molecule has 1 aromatic rings. The summed E-state index contributed by atoms with van der Waals surface area (Å²) in [6.45, 7) is 2.23. The second-order valence-electron chi connectivity index (χ2n) is 5.64. The highest BCUT2D eigenvalue weighted by Gasteiger charge is 2.27. The quantitative estimate of drug-likeness (QED) is 0.599. The summed E-state index contributed by atoms with van der Waals surface area (Å²) in [4.78, 5) is 11.0. The zero-order chi connectivity index (χ0) is 16.8. The van der Waals surface area contributed by atoms with E-state index in [-0.39, 0.29) is 18.9 Å². The van der Waals surface area contributed by atoms with Crippen molar-refractivity contribution in [2.45, 2.75) is 37.6 Å². The zero-order valence-electron chi connectivity index (χ0n) is 12.8. The van der Waals surface area contributed by atoms with Crippen molar-refractivity contribution >= 4 is 29.2 Å². The van der Waals surface area contributed by atoms with Crippen LogP contribution in [0.15, 0.2) is 18.2 Å². The van der Waals surface area contributed by atoms with Crippen molar-refractivity contribution in [2.75, 3.05) is 18.3 Å². The number of alkyl halides is 2. The fourth-order valence-corrected chi connectivity index (χ4v) is 3.35. The van der Waals surface area contributed by atoms with Gasteiger partial charge in [-0.2, -0.15) is 0 Å². The lowest BCUT2D eigenvalue weighted by molar-refractivity contribution is -0.137. The molecule has 0 fully saturated rings. The topological polar surface area (TPSA) is 89.3 Å². The van der Waals surface area contributed by atoms with Crippen LogP contribution in [-0.4, -0.2) is 29.4 Å². The van der Waals surface area contributed by atoms with Gasteiger partial charge in [0.25, 0.3) is 0 Å². The highest BCUT2D eigenvalue weighted by Crippen LogP contribution is 2.32. The van der Waals surface area contributed by atoms with Gasteiger partial charge in [0.15, 0.2) is 0 Å². The van der Waals surface area contributed by atoms with Crippen molar-refractivity contribution in [3.63, 3.8) is 0 Å². The van der Waals surface area contributed by atoms with Crippen LogP contribution in [-0.2, 0) is 10.3 Å². The van der Waals surface area contributed by atoms with Crippen LogP contribution in [0.5, 0.6) is 0 Å². The van der Waals surface area contributed by atoms with Gasteiger partial charge < -0.3 is 16.6 Å². The fourth-order valence-electron chi connectivity index (χ4n) is 2.67. The van der Waals surface area contributed by atoms with E-state index in [1.807, 2.05) is 25.1 Å². The largest absolute Gasteiger partial charge is 0.481 e. The lowest BCUT2D eigenvalue weighted by atomic mass is 9.81. The maximum Gasteiger partial charge on any atom is 0.304 e. The minimum absolute atomic E-state index is 0.00335. The Hall–Kier alpha value is -0.810. The minimum atomic E-state index is -0.860. The summed E-state index contributed by atoms with van der Waals surface area (Å²) >= 11 is 11.8. The van der Waals surface area contributed by atoms with Gasteiger partial charge in [-0.05, 0) is 43.0 Å². The molecule has 1 aromatic carbocycles. The Morgan fingerprint density at radius 3 is 2.36 bits per heavy atom. The standard InChI is InChI=1S/C16H24Cl2N2O2/c1-11-2-3-13(16(20,4-6-17)5-7-18)9-14(11)12(10-19)8-15(21)22/h2-3,9,12H,4-8,10,19-20H2,1H3,(H,21,22). The van der Waals surface area contributed by atoms with Crippen LogP contribution in [0.1, 0.15) is 41.9 Å². The van der Waals surface area contributed by atoms with Crippen LogP contribution >= 0.6 is 23.2 Å². The molecule has 0 heterocycles. The first kappa shape index (κ1) is 19.2. The molecule has 0 saturated carbocycles. The Kier molecular flexibility index (Phi) is 7.63. The number of hydrogen-bond donors (Lipinski definition) is 3. The lowest BCUT2D eigenvalue weighted by Crippen LogP contribution is -2.38. The molecule has 0 aromatic heterocycles. The first-order valence-corrected chi connectivity index (χ1v) is 8.38. The number of hydrogen-bond acceptors (Lipinski definition) is 3. The monoisotopic (exact) mass is 346 g/mol. The summed E-state index contributed by atoms with van der Waals surface area (Å²) in [5.74, 6) is -0.215. The average molecular weight is 347 g/mol. The third kappa shape index (κ3) is 4.85. The van der Waals surface area contributed by atoms with Crippen LogP contribution in [0.25, 0.3) is 0 Å². The van der Waals surface area contributed by atoms with Gasteiger partial charge in [0.2, 0.25) is 0 Å². The molecule has 0 aliphatic carbocycles. The molecule has 0 amide bonds. The maximum absolute atomic E-state index is 11.0. The van der Waals surface area contributed by atoms with E-state index in [1.165, 1.54) is 0 Å². The van der Waals surface area contributed by atoms with Crippen molar-refractivity contribution in [3.8, 4) is 0 Å². The highest BCUT2D eigenvalue weighted by atomic mass is 35.5. The van der Waals surface area contributed by atoms with Crippen molar-refractivity contribution in [3.05, 3.63) is 34.9 Å². The van der Waals surface area contributed by atoms with E-state index < -0.39 is 11.5 Å². The van der Waals surface area contributed by atoms with E-state index in [4.69, 9.17) is 39.8 Å². The second-order valence-corrected chi connectivity index (χ2v) is 6.39. The first-order chi connectivity index (χ1) is 10.4. The summed E-state index contributed by atoms with van der Waals surface area (Å²) in [6, 6.07) is 5.89. The molecule has 0 aliphatic heterocycles. The van der Waals surface area contributed by atoms with Crippen molar-refractivity contribution in [2.24, 2.45) is 11.5 Å². The number of carboxylic acids is 1. The van der Waals surface area contributed by atoms with Crippen molar-refractivity contribution in [1.29, 1.82) is 0 Å². The smallest absolute Gasteiger partial charge is 0.304 e. The summed E-state index contributed by atoms with van der Waals surface area (Å²) in [5.41, 5.74) is 14.5. The third-order valence-corrected chi connectivity index (χ3v) is 4.46. The molecule has 22 heavy (non-hydrogen) atoms. The normalized spacial score (nSPS) is 13.1. The number of carboxylic acid groups (broad SMARTS) is 1. The number of nitrogens with two attached hydrogens (primary N) is 2. The Balaban J connectivity index is 3.23. The highest BCUT2D eigenvalue weighted by molar-refractivity contribution is 6.18. The predicted molar refractivity (Wildman–Crippen MR) is 91.8 cm³/mol. The van der Waals surface area contributed by atoms with Crippen molar-refractivity contribution in [1.82, 2.24) is 0 Å². The molecule has 0 saturated heterocycles. The Labute approximate surface area is 141 Å². The van der Waals surface area contributed by atoms with Crippen LogP contribution in [0.2, 0.25) is 0 Å². The number of benzene rings is 1. The maximum atomic E-state index is 11.0. The van der Waals surface area contributed by atoms with Crippen LogP contribution < -0.4 is 11.5 Å². The molecule has 0 bridgehead atoms. The summed E-state index contributed by atoms with van der Waals surface area (Å²) < 4.78 is 0. The van der Waals surface area contributed by atoms with Gasteiger partial charge in [-0.15, -0.1) is 23.2 Å². The molecule has 0 radical (unpaired) electrons. The lowest BCUT2D eigenvalue weighted by Gasteiger charge is -2.30. The molecule has 5 N–H and O–H groups in total. The van der Waals surface area contributed by atoms with Gasteiger partial charge in [0, 0.05) is 23.2 Å². The number of aryl methyl sites for hydroxylation is 1. The Morgan fingerprint density at radius 2 is 1.91 bits per heavy atom. The Bertz CT molecular complexity index is 503. The second kappa shape index (κ2) is 8.73. The number of rotatable bonds is 9. The SMILES string of the molecule is Cc1ccc(C(N)(CCCl)CCCl)cc1C(CN)CC(=O)O. The summed E-state index contributed by atoms with van der Waals surface area (Å²) in [6.07, 6.45) is 1.22. The van der Waals surface area contributed by atoms with Gasteiger partial charge in [-0.1, -0.05) is 18.2 Å². The van der Waals surface area contributed by atoms with Gasteiger partial charge >= 0.3 is 5.97 Å². The molecule has 1 rings (SSSR count). The zero-order valence-corrected chi connectivity index (χ0v) is 14.3. The first-order valence-electron chi connectivity index (χ1n) is 7.31. The molecule has 1 atom stereocenters. The van der Waals surface area contributed by atoms with Gasteiger partial charge in [-0.3, -0.25) is 4.79 Å². The van der Waals surface area contributed by atoms with E-state index in [2.05, 4.69) is 0 Å². The third-order valence-electron chi connectivity index (χ3n) is 4.08. The molecular formula is C16H24Cl2N2O2. The van der Waals surface area contributed by atoms with E-state index in [1.54, 1.807) is 0 Å². The summed E-state index contributed by atoms with van der Waals surface area (Å²) in [5, 5.41) is 9.05. The van der Waals surface area contributed by atoms with Gasteiger partial charge in [0.05, 0.1) is 6.42 Å². The van der Waals surface area contributed by atoms with E-state index >= 15 is 0 Å². The molecule has 1 unspecified atom stereocenters. The van der Waals surface area contributed by atoms with Crippen molar-refractivity contribution < 1.29 is 9.90 Å².